The zero-order chi connectivity index (χ0) is 11.5. The molecule has 0 aliphatic carbocycles. The van der Waals surface area contributed by atoms with Crippen molar-refractivity contribution in [2.24, 2.45) is 0 Å². The number of H-pyrrole nitrogens is 1. The normalized spacial score (nSPS) is 20.6. The summed E-state index contributed by atoms with van der Waals surface area (Å²) >= 11 is 0. The molecule has 3 rings (SSSR count). The fourth-order valence-corrected chi connectivity index (χ4v) is 2.03. The first-order chi connectivity index (χ1) is 8.42. The summed E-state index contributed by atoms with van der Waals surface area (Å²) in [6.07, 6.45) is 1.96. The van der Waals surface area contributed by atoms with E-state index in [0.717, 1.165) is 43.0 Å². The van der Waals surface area contributed by atoms with Crippen LogP contribution in [0.2, 0.25) is 0 Å². The van der Waals surface area contributed by atoms with Gasteiger partial charge in [-0.1, -0.05) is 0 Å². The number of rotatable bonds is 3. The molecule has 90 valence electrons. The summed E-state index contributed by atoms with van der Waals surface area (Å²) in [6.45, 7) is 3.49. The molecule has 5 nitrogen and oxygen atoms in total. The lowest BCUT2D eigenvalue weighted by Gasteiger charge is -2.24. The molecule has 3 N–H and O–H groups in total. The summed E-state index contributed by atoms with van der Waals surface area (Å²) in [5, 5.41) is 6.70. The van der Waals surface area contributed by atoms with Crippen molar-refractivity contribution in [3.8, 4) is 0 Å². The number of ether oxygens (including phenoxy) is 1. The zero-order valence-electron chi connectivity index (χ0n) is 9.57. The summed E-state index contributed by atoms with van der Waals surface area (Å²) in [4.78, 5) is 7.29. The smallest absolute Gasteiger partial charge is 0.0931 e. The Bertz CT molecular complexity index is 490. The van der Waals surface area contributed by atoms with Gasteiger partial charge in [0.05, 0.1) is 30.1 Å². The van der Waals surface area contributed by atoms with Gasteiger partial charge in [0.25, 0.3) is 0 Å². The van der Waals surface area contributed by atoms with Gasteiger partial charge in [-0.25, -0.2) is 4.98 Å². The molecule has 0 amide bonds. The molecule has 17 heavy (non-hydrogen) atoms. The van der Waals surface area contributed by atoms with Crippen LogP contribution in [0.25, 0.3) is 11.0 Å². The highest BCUT2D eigenvalue weighted by Gasteiger charge is 2.12. The monoisotopic (exact) mass is 232 g/mol. The van der Waals surface area contributed by atoms with Gasteiger partial charge >= 0.3 is 0 Å². The third-order valence-corrected chi connectivity index (χ3v) is 2.96. The molecule has 1 saturated heterocycles. The summed E-state index contributed by atoms with van der Waals surface area (Å²) in [7, 11) is 0. The van der Waals surface area contributed by atoms with Crippen molar-refractivity contribution in [2.75, 3.05) is 31.6 Å². The Morgan fingerprint density at radius 1 is 1.47 bits per heavy atom. The average Bonchev–Trinajstić information content (AvgIpc) is 2.85. The zero-order valence-corrected chi connectivity index (χ0v) is 9.57. The first-order valence-corrected chi connectivity index (χ1v) is 5.91. The number of hydrogen-bond acceptors (Lipinski definition) is 4. The molecule has 0 radical (unpaired) electrons. The van der Waals surface area contributed by atoms with Crippen LogP contribution >= 0.6 is 0 Å². The first-order valence-electron chi connectivity index (χ1n) is 5.91. The maximum Gasteiger partial charge on any atom is 0.0931 e. The van der Waals surface area contributed by atoms with Gasteiger partial charge < -0.3 is 20.4 Å². The van der Waals surface area contributed by atoms with E-state index in [-0.39, 0.29) is 6.10 Å². The Morgan fingerprint density at radius 2 is 2.47 bits per heavy atom. The first kappa shape index (κ1) is 10.6. The number of nitrogens with one attached hydrogen (secondary N) is 3. The molecule has 2 heterocycles. The molecule has 1 unspecified atom stereocenters. The number of imidazole rings is 1. The largest absolute Gasteiger partial charge is 0.382 e. The highest BCUT2D eigenvalue weighted by molar-refractivity contribution is 5.78. The molecule has 2 aromatic rings. The van der Waals surface area contributed by atoms with E-state index in [0.29, 0.717) is 0 Å². The van der Waals surface area contributed by atoms with Crippen molar-refractivity contribution < 1.29 is 4.74 Å². The van der Waals surface area contributed by atoms with Gasteiger partial charge in [-0.2, -0.15) is 0 Å². The fraction of sp³-hybridized carbons (Fsp3) is 0.417. The van der Waals surface area contributed by atoms with Crippen LogP contribution in [-0.2, 0) is 4.74 Å². The number of aromatic nitrogens is 2. The van der Waals surface area contributed by atoms with E-state index in [1.54, 1.807) is 6.33 Å². The SMILES string of the molecule is c1nc2ccc(NCC3CNCCO3)cc2[nH]1. The average molecular weight is 232 g/mol. The summed E-state index contributed by atoms with van der Waals surface area (Å²) in [5.41, 5.74) is 3.14. The van der Waals surface area contributed by atoms with Crippen molar-refractivity contribution in [1.82, 2.24) is 15.3 Å². The Hall–Kier alpha value is -1.59. The number of anilines is 1. The highest BCUT2D eigenvalue weighted by Crippen LogP contribution is 2.15. The van der Waals surface area contributed by atoms with Gasteiger partial charge in [-0.15, -0.1) is 0 Å². The minimum Gasteiger partial charge on any atom is -0.382 e. The maximum atomic E-state index is 5.63. The number of morpholine rings is 1. The number of hydrogen-bond donors (Lipinski definition) is 3. The highest BCUT2D eigenvalue weighted by atomic mass is 16.5. The van der Waals surface area contributed by atoms with Crippen LogP contribution in [0.1, 0.15) is 0 Å². The second-order valence-electron chi connectivity index (χ2n) is 4.21. The summed E-state index contributed by atoms with van der Waals surface area (Å²) < 4.78 is 5.63. The molecule has 0 saturated carbocycles. The molecule has 1 aliphatic rings. The van der Waals surface area contributed by atoms with E-state index in [2.05, 4.69) is 26.7 Å². The van der Waals surface area contributed by atoms with Gasteiger partial charge in [-0.05, 0) is 18.2 Å². The minimum absolute atomic E-state index is 0.251. The van der Waals surface area contributed by atoms with Crippen LogP contribution in [0.15, 0.2) is 24.5 Å². The Morgan fingerprint density at radius 3 is 3.35 bits per heavy atom. The predicted molar refractivity (Wildman–Crippen MR) is 67.2 cm³/mol. The Kier molecular flexibility index (Phi) is 2.94. The summed E-state index contributed by atoms with van der Waals surface area (Å²) in [6, 6.07) is 6.12. The Balaban J connectivity index is 1.63. The molecule has 1 aromatic heterocycles. The van der Waals surface area contributed by atoms with E-state index in [4.69, 9.17) is 4.74 Å². The lowest BCUT2D eigenvalue weighted by molar-refractivity contribution is 0.0372. The fourth-order valence-electron chi connectivity index (χ4n) is 2.03. The standard InChI is InChI=1S/C12H16N4O/c1-2-11-12(16-8-15-11)5-9(1)14-7-10-6-13-3-4-17-10/h1-2,5,8,10,13-14H,3-4,6-7H2,(H,15,16). The molecule has 0 spiro atoms. The molecule has 1 aromatic carbocycles. The van der Waals surface area contributed by atoms with Crippen LogP contribution in [0.5, 0.6) is 0 Å². The van der Waals surface area contributed by atoms with Crippen molar-refractivity contribution >= 4 is 16.7 Å². The lowest BCUT2D eigenvalue weighted by atomic mass is 10.2. The van der Waals surface area contributed by atoms with Crippen molar-refractivity contribution in [2.45, 2.75) is 6.10 Å². The van der Waals surface area contributed by atoms with Gasteiger partial charge in [-0.3, -0.25) is 0 Å². The van der Waals surface area contributed by atoms with Crippen LogP contribution in [-0.4, -0.2) is 42.3 Å². The Labute approximate surface area is 99.6 Å². The quantitative estimate of drug-likeness (QED) is 0.737. The second kappa shape index (κ2) is 4.73. The van der Waals surface area contributed by atoms with E-state index in [1.165, 1.54) is 0 Å². The van der Waals surface area contributed by atoms with Crippen LogP contribution in [0.4, 0.5) is 5.69 Å². The number of aromatic amines is 1. The van der Waals surface area contributed by atoms with E-state index >= 15 is 0 Å². The number of fused-ring (bicyclic) bond motifs is 1. The predicted octanol–water partition coefficient (Wildman–Crippen LogP) is 0.963. The molecule has 5 heteroatoms. The molecular formula is C12H16N4O. The van der Waals surface area contributed by atoms with Crippen LogP contribution in [0, 0.1) is 0 Å². The van der Waals surface area contributed by atoms with Crippen LogP contribution in [0.3, 0.4) is 0 Å². The minimum atomic E-state index is 0.251. The van der Waals surface area contributed by atoms with E-state index in [9.17, 15) is 0 Å². The van der Waals surface area contributed by atoms with Gasteiger partial charge in [0.2, 0.25) is 0 Å². The molecule has 1 fully saturated rings. The van der Waals surface area contributed by atoms with Gasteiger partial charge in [0.1, 0.15) is 0 Å². The van der Waals surface area contributed by atoms with Crippen molar-refractivity contribution in [3.63, 3.8) is 0 Å². The number of nitrogens with zero attached hydrogens (tertiary/aromatic N) is 1. The maximum absolute atomic E-state index is 5.63. The third-order valence-electron chi connectivity index (χ3n) is 2.96. The van der Waals surface area contributed by atoms with Crippen molar-refractivity contribution in [3.05, 3.63) is 24.5 Å². The molecule has 1 aliphatic heterocycles. The summed E-state index contributed by atoms with van der Waals surface area (Å²) in [5.74, 6) is 0. The second-order valence-corrected chi connectivity index (χ2v) is 4.21. The lowest BCUT2D eigenvalue weighted by Crippen LogP contribution is -2.42. The van der Waals surface area contributed by atoms with E-state index in [1.807, 2.05) is 12.1 Å². The van der Waals surface area contributed by atoms with E-state index < -0.39 is 0 Å². The van der Waals surface area contributed by atoms with Crippen LogP contribution < -0.4 is 10.6 Å². The topological polar surface area (TPSA) is 62.0 Å². The van der Waals surface area contributed by atoms with Gasteiger partial charge in [0.15, 0.2) is 0 Å². The molecular weight excluding hydrogens is 216 g/mol. The van der Waals surface area contributed by atoms with Crippen molar-refractivity contribution in [1.29, 1.82) is 0 Å². The molecule has 0 bridgehead atoms. The number of benzene rings is 1. The molecule has 1 atom stereocenters. The van der Waals surface area contributed by atoms with Gasteiger partial charge in [0, 0.05) is 25.3 Å². The third kappa shape index (κ3) is 2.40.